The number of rotatable bonds is 5. The number of hydrogen-bond acceptors (Lipinski definition) is 4. The molecule has 0 amide bonds. The van der Waals surface area contributed by atoms with Crippen molar-refractivity contribution in [3.05, 3.63) is 84.4 Å². The number of ether oxygens (including phenoxy) is 2. The van der Waals surface area contributed by atoms with E-state index >= 15 is 0 Å². The van der Waals surface area contributed by atoms with Crippen molar-refractivity contribution in [1.29, 1.82) is 0 Å². The maximum Gasteiger partial charge on any atom is 0.338 e. The molecule has 0 atom stereocenters. The molecule has 0 N–H and O–H groups in total. The molecule has 0 aromatic heterocycles. The van der Waals surface area contributed by atoms with Crippen molar-refractivity contribution in [1.82, 2.24) is 0 Å². The highest BCUT2D eigenvalue weighted by Crippen LogP contribution is 2.02. The molecule has 0 aliphatic carbocycles. The van der Waals surface area contributed by atoms with Crippen molar-refractivity contribution in [2.75, 3.05) is 13.2 Å². The maximum atomic E-state index is 11.6. The van der Waals surface area contributed by atoms with Gasteiger partial charge in [0, 0.05) is 0 Å². The smallest absolute Gasteiger partial charge is 0.338 e. The van der Waals surface area contributed by atoms with Crippen LogP contribution < -0.4 is 0 Å². The topological polar surface area (TPSA) is 52.6 Å². The van der Waals surface area contributed by atoms with Gasteiger partial charge in [0.2, 0.25) is 0 Å². The molecule has 4 heteroatoms. The molecule has 0 saturated carbocycles. The zero-order chi connectivity index (χ0) is 16.9. The molecule has 0 spiro atoms. The van der Waals surface area contributed by atoms with Crippen LogP contribution in [0.2, 0.25) is 0 Å². The second-order valence-electron chi connectivity index (χ2n) is 4.41. The number of benzene rings is 2. The minimum atomic E-state index is -0.429. The Morgan fingerprint density at radius 3 is 1.43 bits per heavy atom. The summed E-state index contributed by atoms with van der Waals surface area (Å²) >= 11 is 0. The van der Waals surface area contributed by atoms with Gasteiger partial charge in [-0.25, -0.2) is 9.59 Å². The number of hydrogen-bond donors (Lipinski definition) is 0. The quantitative estimate of drug-likeness (QED) is 0.477. The van der Waals surface area contributed by atoms with Crippen LogP contribution >= 0.6 is 0 Å². The molecule has 4 nitrogen and oxygen atoms in total. The van der Waals surface area contributed by atoms with Gasteiger partial charge in [-0.2, -0.15) is 0 Å². The first-order valence-electron chi connectivity index (χ1n) is 7.20. The first kappa shape index (κ1) is 18.2. The molecule has 0 fully saturated rings. The Kier molecular flexibility index (Phi) is 8.52. The zero-order valence-corrected chi connectivity index (χ0v) is 13.1. The second-order valence-corrected chi connectivity index (χ2v) is 4.41. The Balaban J connectivity index is 0.000000816. The van der Waals surface area contributed by atoms with Crippen LogP contribution in [0, 0.1) is 0 Å². The largest absolute Gasteiger partial charge is 0.458 e. The monoisotopic (exact) mass is 312 g/mol. The summed E-state index contributed by atoms with van der Waals surface area (Å²) in [6.45, 7) is 5.32. The average molecular weight is 312 g/mol. The number of carbonyl (C=O) groups excluding carboxylic acids is 2. The highest BCUT2D eigenvalue weighted by Gasteiger charge is 2.08. The summed E-state index contributed by atoms with van der Waals surface area (Å²) < 4.78 is 10.00. The fourth-order valence-electron chi connectivity index (χ4n) is 1.58. The van der Waals surface area contributed by atoms with Crippen LogP contribution in [0.3, 0.4) is 0 Å². The molecule has 120 valence electrons. The lowest BCUT2D eigenvalue weighted by Crippen LogP contribution is -2.14. The van der Waals surface area contributed by atoms with E-state index < -0.39 is 11.9 Å². The molecule has 0 bridgehead atoms. The third-order valence-electron chi connectivity index (χ3n) is 2.57. The number of esters is 2. The fourth-order valence-corrected chi connectivity index (χ4v) is 1.58. The molecular formula is C19H20O4. The van der Waals surface area contributed by atoms with Crippen LogP contribution in [0.25, 0.3) is 0 Å². The molecule has 0 heterocycles. The van der Waals surface area contributed by atoms with Crippen LogP contribution in [0.5, 0.6) is 0 Å². The lowest BCUT2D eigenvalue weighted by atomic mass is 10.2. The fraction of sp³-hybridized carbons (Fsp3) is 0.158. The van der Waals surface area contributed by atoms with Gasteiger partial charge in [0.05, 0.1) is 11.1 Å². The van der Waals surface area contributed by atoms with Crippen LogP contribution in [-0.2, 0) is 9.47 Å². The SMILES string of the molecule is C=CC.O=C(OCCOC(=O)c1ccccc1)c1ccccc1. The predicted molar refractivity (Wildman–Crippen MR) is 89.3 cm³/mol. The molecule has 2 aromatic rings. The van der Waals surface area contributed by atoms with E-state index in [2.05, 4.69) is 6.58 Å². The summed E-state index contributed by atoms with van der Waals surface area (Å²) in [6, 6.07) is 17.3. The third-order valence-corrected chi connectivity index (χ3v) is 2.57. The van der Waals surface area contributed by atoms with Crippen LogP contribution in [0.4, 0.5) is 0 Å². The molecule has 23 heavy (non-hydrogen) atoms. The molecular weight excluding hydrogens is 292 g/mol. The van der Waals surface area contributed by atoms with Gasteiger partial charge in [-0.05, 0) is 31.2 Å². The van der Waals surface area contributed by atoms with E-state index in [1.165, 1.54) is 0 Å². The van der Waals surface area contributed by atoms with Gasteiger partial charge < -0.3 is 9.47 Å². The summed E-state index contributed by atoms with van der Waals surface area (Å²) in [5.41, 5.74) is 0.948. The van der Waals surface area contributed by atoms with Gasteiger partial charge >= 0.3 is 11.9 Å². The molecule has 2 rings (SSSR count). The van der Waals surface area contributed by atoms with Crippen molar-refractivity contribution in [3.8, 4) is 0 Å². The summed E-state index contributed by atoms with van der Waals surface area (Å²) in [5.74, 6) is -0.859. The second kappa shape index (κ2) is 10.8. The van der Waals surface area contributed by atoms with Gasteiger partial charge in [0.15, 0.2) is 0 Å². The average Bonchev–Trinajstić information content (AvgIpc) is 2.60. The van der Waals surface area contributed by atoms with E-state index in [1.54, 1.807) is 54.6 Å². The van der Waals surface area contributed by atoms with E-state index in [9.17, 15) is 9.59 Å². The Bertz CT molecular complexity index is 552. The first-order chi connectivity index (χ1) is 11.2. The molecule has 0 radical (unpaired) electrons. The van der Waals surface area contributed by atoms with Gasteiger partial charge in [-0.1, -0.05) is 42.5 Å². The van der Waals surface area contributed by atoms with Crippen LogP contribution in [0.1, 0.15) is 27.6 Å². The zero-order valence-electron chi connectivity index (χ0n) is 13.1. The Morgan fingerprint density at radius 2 is 1.13 bits per heavy atom. The first-order valence-corrected chi connectivity index (χ1v) is 7.20. The predicted octanol–water partition coefficient (Wildman–Crippen LogP) is 3.89. The van der Waals surface area contributed by atoms with E-state index in [0.29, 0.717) is 11.1 Å². The minimum Gasteiger partial charge on any atom is -0.458 e. The highest BCUT2D eigenvalue weighted by molar-refractivity contribution is 5.90. The van der Waals surface area contributed by atoms with Crippen LogP contribution in [-0.4, -0.2) is 25.2 Å². The Labute approximate surface area is 136 Å². The Hall–Kier alpha value is -2.88. The van der Waals surface area contributed by atoms with E-state index in [1.807, 2.05) is 19.1 Å². The van der Waals surface area contributed by atoms with E-state index in [0.717, 1.165) is 0 Å². The summed E-state index contributed by atoms with van der Waals surface area (Å²) in [4.78, 5) is 23.2. The highest BCUT2D eigenvalue weighted by atomic mass is 16.6. The van der Waals surface area contributed by atoms with Crippen molar-refractivity contribution in [2.45, 2.75) is 6.92 Å². The summed E-state index contributed by atoms with van der Waals surface area (Å²) in [6.07, 6.45) is 1.75. The van der Waals surface area contributed by atoms with Crippen molar-refractivity contribution in [3.63, 3.8) is 0 Å². The normalized spacial score (nSPS) is 9.09. The standard InChI is InChI=1S/C16H14O4.C3H6/c17-15(13-7-3-1-4-8-13)19-11-12-20-16(18)14-9-5-2-6-10-14;1-3-2/h1-10H,11-12H2;3H,1H2,2H3. The van der Waals surface area contributed by atoms with Crippen LogP contribution in [0.15, 0.2) is 73.3 Å². The van der Waals surface area contributed by atoms with Crippen molar-refractivity contribution < 1.29 is 19.1 Å². The third kappa shape index (κ3) is 7.09. The van der Waals surface area contributed by atoms with E-state index in [-0.39, 0.29) is 13.2 Å². The lowest BCUT2D eigenvalue weighted by molar-refractivity contribution is 0.0265. The van der Waals surface area contributed by atoms with Crippen molar-refractivity contribution in [2.24, 2.45) is 0 Å². The Morgan fingerprint density at radius 1 is 0.826 bits per heavy atom. The molecule has 0 aliphatic rings. The van der Waals surface area contributed by atoms with Gasteiger partial charge in [-0.15, -0.1) is 6.58 Å². The molecule has 2 aromatic carbocycles. The molecule has 0 unspecified atom stereocenters. The van der Waals surface area contributed by atoms with Gasteiger partial charge in [-0.3, -0.25) is 0 Å². The maximum absolute atomic E-state index is 11.6. The molecule has 0 saturated heterocycles. The molecule has 0 aliphatic heterocycles. The lowest BCUT2D eigenvalue weighted by Gasteiger charge is -2.06. The summed E-state index contributed by atoms with van der Waals surface area (Å²) in [5, 5.41) is 0. The van der Waals surface area contributed by atoms with Crippen molar-refractivity contribution >= 4 is 11.9 Å². The van der Waals surface area contributed by atoms with Gasteiger partial charge in [0.25, 0.3) is 0 Å². The summed E-state index contributed by atoms with van der Waals surface area (Å²) in [7, 11) is 0. The van der Waals surface area contributed by atoms with Gasteiger partial charge in [0.1, 0.15) is 13.2 Å². The number of allylic oxidation sites excluding steroid dienone is 1. The van der Waals surface area contributed by atoms with E-state index in [4.69, 9.17) is 9.47 Å². The minimum absolute atomic E-state index is 0.0340. The number of carbonyl (C=O) groups is 2.